The number of nitrogens with zero attached hydrogens (tertiary/aromatic N) is 1. The molecule has 6 heteroatoms. The van der Waals surface area contributed by atoms with Gasteiger partial charge in [-0.15, -0.1) is 0 Å². The molecular formula is C13H12N4O2. The summed E-state index contributed by atoms with van der Waals surface area (Å²) in [5, 5.41) is 10.0. The summed E-state index contributed by atoms with van der Waals surface area (Å²) < 4.78 is 5.26. The summed E-state index contributed by atoms with van der Waals surface area (Å²) in [6.07, 6.45) is 3.16. The number of benzene rings is 1. The lowest BCUT2D eigenvalue weighted by Crippen LogP contribution is -2.11. The van der Waals surface area contributed by atoms with Gasteiger partial charge in [0.05, 0.1) is 19.0 Å². The number of nitrogens with one attached hydrogen (secondary N) is 3. The summed E-state index contributed by atoms with van der Waals surface area (Å²) >= 11 is 0. The number of carbonyl (C=O) groups is 1. The molecule has 0 atom stereocenters. The molecule has 0 fully saturated rings. The Morgan fingerprint density at radius 3 is 3.05 bits per heavy atom. The first-order chi connectivity index (χ1) is 9.28. The Kier molecular flexibility index (Phi) is 2.68. The number of carbonyl (C=O) groups excluding carboxylic acids is 1. The van der Waals surface area contributed by atoms with Gasteiger partial charge in [0.25, 0.3) is 5.91 Å². The average Bonchev–Trinajstić information content (AvgIpc) is 3.06. The molecule has 1 amide bonds. The van der Waals surface area contributed by atoms with Crippen LogP contribution in [0.1, 0.15) is 10.5 Å². The number of ether oxygens (including phenoxy) is 1. The van der Waals surface area contributed by atoms with E-state index in [4.69, 9.17) is 4.74 Å². The van der Waals surface area contributed by atoms with Gasteiger partial charge in [0.15, 0.2) is 0 Å². The van der Waals surface area contributed by atoms with Gasteiger partial charge in [0, 0.05) is 17.1 Å². The molecule has 0 bridgehead atoms. The van der Waals surface area contributed by atoms with Gasteiger partial charge in [-0.05, 0) is 18.2 Å². The van der Waals surface area contributed by atoms with Gasteiger partial charge < -0.3 is 15.0 Å². The van der Waals surface area contributed by atoms with Crippen LogP contribution in [0.2, 0.25) is 0 Å². The molecule has 1 aromatic carbocycles. The summed E-state index contributed by atoms with van der Waals surface area (Å²) in [7, 11) is 1.60. The second-order valence-corrected chi connectivity index (χ2v) is 4.05. The zero-order valence-electron chi connectivity index (χ0n) is 10.2. The molecular weight excluding hydrogens is 244 g/mol. The molecule has 0 radical (unpaired) electrons. The monoisotopic (exact) mass is 256 g/mol. The number of aromatic amines is 2. The van der Waals surface area contributed by atoms with E-state index in [0.29, 0.717) is 11.4 Å². The minimum absolute atomic E-state index is 0.223. The van der Waals surface area contributed by atoms with Crippen molar-refractivity contribution in [2.75, 3.05) is 12.4 Å². The largest absolute Gasteiger partial charge is 0.496 e. The van der Waals surface area contributed by atoms with Crippen molar-refractivity contribution in [1.82, 2.24) is 15.2 Å². The molecule has 0 aliphatic heterocycles. The zero-order valence-corrected chi connectivity index (χ0v) is 10.2. The van der Waals surface area contributed by atoms with Crippen LogP contribution in [0, 0.1) is 0 Å². The molecule has 0 saturated carbocycles. The summed E-state index contributed by atoms with van der Waals surface area (Å²) in [5.74, 6) is 0.510. The van der Waals surface area contributed by atoms with Crippen molar-refractivity contribution in [2.24, 2.45) is 0 Å². The maximum absolute atomic E-state index is 12.1. The van der Waals surface area contributed by atoms with Crippen molar-refractivity contribution < 1.29 is 9.53 Å². The van der Waals surface area contributed by atoms with Gasteiger partial charge >= 0.3 is 0 Å². The number of H-pyrrole nitrogens is 2. The van der Waals surface area contributed by atoms with E-state index in [1.807, 2.05) is 18.2 Å². The van der Waals surface area contributed by atoms with E-state index >= 15 is 0 Å². The van der Waals surface area contributed by atoms with E-state index in [0.717, 1.165) is 16.7 Å². The van der Waals surface area contributed by atoms with E-state index in [1.165, 1.54) is 0 Å². The van der Waals surface area contributed by atoms with Gasteiger partial charge in [-0.3, -0.25) is 9.89 Å². The fraction of sp³-hybridized carbons (Fsp3) is 0.0769. The van der Waals surface area contributed by atoms with Crippen LogP contribution in [0.3, 0.4) is 0 Å². The summed E-state index contributed by atoms with van der Waals surface area (Å²) in [6.45, 7) is 0. The molecule has 0 unspecified atom stereocenters. The number of anilines is 1. The third kappa shape index (κ3) is 2.03. The molecule has 19 heavy (non-hydrogen) atoms. The first-order valence-corrected chi connectivity index (χ1v) is 5.74. The van der Waals surface area contributed by atoms with Crippen LogP contribution in [0.4, 0.5) is 5.69 Å². The number of hydrogen-bond donors (Lipinski definition) is 3. The minimum atomic E-state index is -0.223. The van der Waals surface area contributed by atoms with Crippen LogP contribution < -0.4 is 10.1 Å². The van der Waals surface area contributed by atoms with Crippen LogP contribution in [0.5, 0.6) is 5.75 Å². The number of methoxy groups -OCH3 is 1. The van der Waals surface area contributed by atoms with Gasteiger partial charge in [-0.25, -0.2) is 0 Å². The van der Waals surface area contributed by atoms with Crippen molar-refractivity contribution in [3.63, 3.8) is 0 Å². The second-order valence-electron chi connectivity index (χ2n) is 4.05. The quantitative estimate of drug-likeness (QED) is 0.671. The Balaban J connectivity index is 1.95. The minimum Gasteiger partial charge on any atom is -0.496 e. The lowest BCUT2D eigenvalue weighted by atomic mass is 10.2. The highest BCUT2D eigenvalue weighted by atomic mass is 16.5. The van der Waals surface area contributed by atoms with E-state index in [-0.39, 0.29) is 5.91 Å². The fourth-order valence-corrected chi connectivity index (χ4v) is 1.95. The van der Waals surface area contributed by atoms with E-state index in [1.54, 1.807) is 25.6 Å². The van der Waals surface area contributed by atoms with Gasteiger partial charge in [0.1, 0.15) is 11.4 Å². The molecule has 0 aliphatic carbocycles. The molecule has 96 valence electrons. The van der Waals surface area contributed by atoms with Crippen molar-refractivity contribution in [3.8, 4) is 5.75 Å². The first-order valence-electron chi connectivity index (χ1n) is 5.74. The number of amides is 1. The average molecular weight is 256 g/mol. The number of hydrogen-bond acceptors (Lipinski definition) is 3. The molecule has 0 saturated heterocycles. The van der Waals surface area contributed by atoms with Crippen LogP contribution in [-0.2, 0) is 0 Å². The normalized spacial score (nSPS) is 10.6. The van der Waals surface area contributed by atoms with Gasteiger partial charge in [0.2, 0.25) is 0 Å². The predicted molar refractivity (Wildman–Crippen MR) is 71.4 cm³/mol. The highest BCUT2D eigenvalue weighted by molar-refractivity contribution is 6.06. The Bertz CT molecular complexity index is 715. The highest BCUT2D eigenvalue weighted by Crippen LogP contribution is 2.26. The zero-order chi connectivity index (χ0) is 13.2. The Labute approximate surface area is 108 Å². The molecule has 3 rings (SSSR count). The van der Waals surface area contributed by atoms with Crippen molar-refractivity contribution in [2.45, 2.75) is 0 Å². The Hall–Kier alpha value is -2.76. The highest BCUT2D eigenvalue weighted by Gasteiger charge is 2.12. The van der Waals surface area contributed by atoms with E-state index in [9.17, 15) is 4.79 Å². The Morgan fingerprint density at radius 2 is 2.32 bits per heavy atom. The standard InChI is InChI=1S/C13H12N4O2/c1-19-12-4-2-3-10-9(12)5-11(17-10)13(18)16-8-6-14-15-7-8/h2-7,17H,1H3,(H,14,15)(H,16,18). The fourth-order valence-electron chi connectivity index (χ4n) is 1.95. The molecule has 3 N–H and O–H groups in total. The van der Waals surface area contributed by atoms with Crippen LogP contribution in [0.25, 0.3) is 10.9 Å². The first kappa shape index (κ1) is 11.3. The summed E-state index contributed by atoms with van der Waals surface area (Å²) in [4.78, 5) is 15.1. The lowest BCUT2D eigenvalue weighted by Gasteiger charge is -1.99. The van der Waals surface area contributed by atoms with E-state index < -0.39 is 0 Å². The smallest absolute Gasteiger partial charge is 0.272 e. The third-order valence-electron chi connectivity index (χ3n) is 2.84. The number of fused-ring (bicyclic) bond motifs is 1. The van der Waals surface area contributed by atoms with E-state index in [2.05, 4.69) is 20.5 Å². The lowest BCUT2D eigenvalue weighted by molar-refractivity contribution is 0.102. The predicted octanol–water partition coefficient (Wildman–Crippen LogP) is 2.15. The van der Waals surface area contributed by atoms with Crippen molar-refractivity contribution in [1.29, 1.82) is 0 Å². The number of aromatic nitrogens is 3. The van der Waals surface area contributed by atoms with Crippen molar-refractivity contribution in [3.05, 3.63) is 42.4 Å². The Morgan fingerprint density at radius 1 is 1.42 bits per heavy atom. The van der Waals surface area contributed by atoms with Crippen LogP contribution in [-0.4, -0.2) is 28.2 Å². The van der Waals surface area contributed by atoms with Crippen molar-refractivity contribution >= 4 is 22.5 Å². The molecule has 0 aliphatic rings. The maximum Gasteiger partial charge on any atom is 0.272 e. The maximum atomic E-state index is 12.1. The number of rotatable bonds is 3. The topological polar surface area (TPSA) is 82.8 Å². The molecule has 2 aromatic heterocycles. The van der Waals surface area contributed by atoms with Crippen LogP contribution in [0.15, 0.2) is 36.7 Å². The molecule has 3 aromatic rings. The van der Waals surface area contributed by atoms with Gasteiger partial charge in [-0.2, -0.15) is 5.10 Å². The summed E-state index contributed by atoms with van der Waals surface area (Å²) in [6, 6.07) is 7.39. The SMILES string of the molecule is COc1cccc2[nH]c(C(=O)Nc3cn[nH]c3)cc12. The van der Waals surface area contributed by atoms with Gasteiger partial charge in [-0.1, -0.05) is 6.07 Å². The molecule has 6 nitrogen and oxygen atoms in total. The molecule has 0 spiro atoms. The second kappa shape index (κ2) is 4.49. The summed E-state index contributed by atoms with van der Waals surface area (Å²) in [5.41, 5.74) is 1.95. The van der Waals surface area contributed by atoms with Crippen LogP contribution >= 0.6 is 0 Å². The third-order valence-corrected chi connectivity index (χ3v) is 2.84. The molecule has 2 heterocycles.